The van der Waals surface area contributed by atoms with E-state index in [1.165, 1.54) is 16.2 Å². The lowest BCUT2D eigenvalue weighted by Crippen LogP contribution is -2.29. The number of fused-ring (bicyclic) bond motifs is 1. The average molecular weight is 352 g/mol. The van der Waals surface area contributed by atoms with E-state index >= 15 is 0 Å². The fraction of sp³-hybridized carbons (Fsp3) is 0.400. The highest BCUT2D eigenvalue weighted by molar-refractivity contribution is 9.10. The monoisotopic (exact) mass is 351 g/mol. The van der Waals surface area contributed by atoms with Gasteiger partial charge in [-0.05, 0) is 48.0 Å². The van der Waals surface area contributed by atoms with Crippen molar-refractivity contribution in [3.8, 4) is 0 Å². The first kappa shape index (κ1) is 14.2. The first-order valence-corrected chi connectivity index (χ1v) is 8.55. The van der Waals surface area contributed by atoms with Crippen molar-refractivity contribution in [3.05, 3.63) is 46.2 Å². The van der Waals surface area contributed by atoms with Crippen LogP contribution in [-0.2, 0) is 13.0 Å². The van der Waals surface area contributed by atoms with Gasteiger partial charge in [0.2, 0.25) is 0 Å². The van der Waals surface area contributed by atoms with Gasteiger partial charge in [0.15, 0.2) is 0 Å². The maximum absolute atomic E-state index is 4.44. The molecule has 3 rings (SSSR count). The van der Waals surface area contributed by atoms with Crippen LogP contribution in [0.25, 0.3) is 0 Å². The standard InChI is InChI=1S/C15H18BrN3S/c1-3-19-15(11(16)9-18-19)14(17-2)13-8-10-6-4-5-7-12(10)20-13/h4-7,9,13-14,17H,3,8H2,1-2H3. The van der Waals surface area contributed by atoms with Gasteiger partial charge in [0.05, 0.1) is 22.4 Å². The van der Waals surface area contributed by atoms with Gasteiger partial charge in [0.25, 0.3) is 0 Å². The van der Waals surface area contributed by atoms with E-state index in [1.54, 1.807) is 0 Å². The van der Waals surface area contributed by atoms with Gasteiger partial charge < -0.3 is 5.32 Å². The van der Waals surface area contributed by atoms with Gasteiger partial charge in [0.1, 0.15) is 0 Å². The number of aryl methyl sites for hydroxylation is 1. The van der Waals surface area contributed by atoms with E-state index in [9.17, 15) is 0 Å². The number of benzene rings is 1. The van der Waals surface area contributed by atoms with Gasteiger partial charge in [-0.1, -0.05) is 18.2 Å². The Labute approximate surface area is 132 Å². The molecule has 0 saturated carbocycles. The highest BCUT2D eigenvalue weighted by Crippen LogP contribution is 2.43. The number of hydrogen-bond donors (Lipinski definition) is 1. The van der Waals surface area contributed by atoms with E-state index in [2.05, 4.69) is 62.2 Å². The summed E-state index contributed by atoms with van der Waals surface area (Å²) in [7, 11) is 2.04. The van der Waals surface area contributed by atoms with E-state index in [1.807, 2.05) is 25.0 Å². The van der Waals surface area contributed by atoms with E-state index < -0.39 is 0 Å². The molecule has 0 radical (unpaired) electrons. The summed E-state index contributed by atoms with van der Waals surface area (Å²) in [5.41, 5.74) is 2.71. The molecule has 2 unspecified atom stereocenters. The van der Waals surface area contributed by atoms with Crippen LogP contribution in [0.5, 0.6) is 0 Å². The molecule has 106 valence electrons. The summed E-state index contributed by atoms with van der Waals surface area (Å²) in [6.07, 6.45) is 3.00. The Morgan fingerprint density at radius 1 is 1.50 bits per heavy atom. The molecule has 2 aromatic rings. The lowest BCUT2D eigenvalue weighted by Gasteiger charge is -2.23. The molecule has 2 atom stereocenters. The second-order valence-corrected chi connectivity index (χ2v) is 7.06. The molecule has 2 heterocycles. The minimum absolute atomic E-state index is 0.296. The Morgan fingerprint density at radius 3 is 3.00 bits per heavy atom. The fourth-order valence-electron chi connectivity index (χ4n) is 2.83. The highest BCUT2D eigenvalue weighted by Gasteiger charge is 2.32. The third-order valence-electron chi connectivity index (χ3n) is 3.78. The molecule has 1 N–H and O–H groups in total. The van der Waals surface area contributed by atoms with E-state index in [-0.39, 0.29) is 0 Å². The number of nitrogens with zero attached hydrogens (tertiary/aromatic N) is 2. The van der Waals surface area contributed by atoms with Gasteiger partial charge in [-0.3, -0.25) is 4.68 Å². The lowest BCUT2D eigenvalue weighted by atomic mass is 10.0. The molecule has 20 heavy (non-hydrogen) atoms. The Bertz CT molecular complexity index is 586. The van der Waals surface area contributed by atoms with Crippen LogP contribution in [0.3, 0.4) is 0 Å². The fourth-order valence-corrected chi connectivity index (χ4v) is 4.82. The quantitative estimate of drug-likeness (QED) is 0.911. The maximum atomic E-state index is 4.44. The van der Waals surface area contributed by atoms with E-state index in [4.69, 9.17) is 0 Å². The summed E-state index contributed by atoms with van der Waals surface area (Å²) in [6.45, 7) is 3.02. The van der Waals surface area contributed by atoms with Gasteiger partial charge >= 0.3 is 0 Å². The van der Waals surface area contributed by atoms with Crippen LogP contribution < -0.4 is 5.32 Å². The summed E-state index contributed by atoms with van der Waals surface area (Å²) >= 11 is 5.62. The average Bonchev–Trinajstić information content (AvgIpc) is 3.04. The van der Waals surface area contributed by atoms with Crippen LogP contribution in [0.1, 0.15) is 24.2 Å². The summed E-state index contributed by atoms with van der Waals surface area (Å²) in [5.74, 6) is 0. The van der Waals surface area contributed by atoms with Gasteiger partial charge in [-0.15, -0.1) is 11.8 Å². The van der Waals surface area contributed by atoms with Gasteiger partial charge in [0, 0.05) is 16.7 Å². The highest BCUT2D eigenvalue weighted by atomic mass is 79.9. The molecule has 3 nitrogen and oxygen atoms in total. The summed E-state index contributed by atoms with van der Waals surface area (Å²) in [5, 5.41) is 8.44. The molecule has 0 saturated heterocycles. The Hall–Kier alpha value is -0.780. The third kappa shape index (κ3) is 2.43. The van der Waals surface area contributed by atoms with Crippen LogP contribution in [0.4, 0.5) is 0 Å². The number of nitrogens with one attached hydrogen (secondary N) is 1. The molecule has 0 fully saturated rings. The SMILES string of the molecule is CCn1ncc(Br)c1C(NC)C1Cc2ccccc2S1. The zero-order valence-electron chi connectivity index (χ0n) is 11.6. The smallest absolute Gasteiger partial charge is 0.0707 e. The van der Waals surface area contributed by atoms with Crippen molar-refractivity contribution in [2.24, 2.45) is 0 Å². The normalized spacial score (nSPS) is 19.1. The molecule has 1 aliphatic rings. The molecule has 0 spiro atoms. The van der Waals surface area contributed by atoms with Crippen LogP contribution in [0.15, 0.2) is 39.8 Å². The first-order chi connectivity index (χ1) is 9.74. The van der Waals surface area contributed by atoms with Crippen molar-refractivity contribution in [1.82, 2.24) is 15.1 Å². The Kier molecular flexibility index (Phi) is 4.19. The first-order valence-electron chi connectivity index (χ1n) is 6.87. The van der Waals surface area contributed by atoms with Gasteiger partial charge in [-0.2, -0.15) is 5.10 Å². The summed E-state index contributed by atoms with van der Waals surface area (Å²) in [4.78, 5) is 1.41. The second kappa shape index (κ2) is 5.92. The zero-order chi connectivity index (χ0) is 14.1. The van der Waals surface area contributed by atoms with Crippen molar-refractivity contribution in [2.75, 3.05) is 7.05 Å². The number of thioether (sulfide) groups is 1. The Morgan fingerprint density at radius 2 is 2.30 bits per heavy atom. The topological polar surface area (TPSA) is 29.9 Å². The van der Waals surface area contributed by atoms with Crippen molar-refractivity contribution >= 4 is 27.7 Å². The van der Waals surface area contributed by atoms with Crippen molar-refractivity contribution in [1.29, 1.82) is 0 Å². The number of aromatic nitrogens is 2. The molecule has 5 heteroatoms. The molecule has 1 aromatic carbocycles. The lowest BCUT2D eigenvalue weighted by molar-refractivity contribution is 0.499. The molecule has 1 aromatic heterocycles. The van der Waals surface area contributed by atoms with Crippen LogP contribution in [0, 0.1) is 0 Å². The van der Waals surface area contributed by atoms with Crippen LogP contribution in [-0.4, -0.2) is 22.1 Å². The summed E-state index contributed by atoms with van der Waals surface area (Å²) in [6, 6.07) is 9.00. The maximum Gasteiger partial charge on any atom is 0.0707 e. The largest absolute Gasteiger partial charge is 0.311 e. The third-order valence-corrected chi connectivity index (χ3v) is 5.79. The van der Waals surface area contributed by atoms with E-state index in [0.29, 0.717) is 11.3 Å². The predicted octanol–water partition coefficient (Wildman–Crippen LogP) is 3.64. The molecule has 0 amide bonds. The second-order valence-electron chi connectivity index (χ2n) is 4.93. The minimum atomic E-state index is 0.296. The van der Waals surface area contributed by atoms with Crippen LogP contribution >= 0.6 is 27.7 Å². The van der Waals surface area contributed by atoms with Crippen molar-refractivity contribution in [3.63, 3.8) is 0 Å². The number of hydrogen-bond acceptors (Lipinski definition) is 3. The van der Waals surface area contributed by atoms with Gasteiger partial charge in [-0.25, -0.2) is 0 Å². The number of halogens is 1. The molecular weight excluding hydrogens is 334 g/mol. The summed E-state index contributed by atoms with van der Waals surface area (Å²) < 4.78 is 3.17. The number of rotatable bonds is 4. The predicted molar refractivity (Wildman–Crippen MR) is 87.2 cm³/mol. The zero-order valence-corrected chi connectivity index (χ0v) is 14.0. The molecular formula is C15H18BrN3S. The minimum Gasteiger partial charge on any atom is -0.311 e. The van der Waals surface area contributed by atoms with E-state index in [0.717, 1.165) is 17.4 Å². The molecule has 0 aliphatic carbocycles. The molecule has 1 aliphatic heterocycles. The molecule has 0 bridgehead atoms. The Balaban J connectivity index is 1.91. The van der Waals surface area contributed by atoms with Crippen molar-refractivity contribution < 1.29 is 0 Å². The van der Waals surface area contributed by atoms with Crippen LogP contribution in [0.2, 0.25) is 0 Å². The van der Waals surface area contributed by atoms with Crippen molar-refractivity contribution in [2.45, 2.75) is 36.1 Å².